The van der Waals surface area contributed by atoms with Crippen molar-refractivity contribution in [1.82, 2.24) is 5.32 Å². The predicted octanol–water partition coefficient (Wildman–Crippen LogP) is 3.04. The Morgan fingerprint density at radius 2 is 1.95 bits per heavy atom. The molecule has 0 aromatic heterocycles. The molecule has 0 spiro atoms. The Bertz CT molecular complexity index is 445. The van der Waals surface area contributed by atoms with Gasteiger partial charge in [0.15, 0.2) is 0 Å². The van der Waals surface area contributed by atoms with Gasteiger partial charge in [0.2, 0.25) is 5.91 Å². The molecule has 1 rings (SSSR count). The third-order valence-corrected chi connectivity index (χ3v) is 3.31. The van der Waals surface area contributed by atoms with Crippen LogP contribution in [0.4, 0.5) is 0 Å². The van der Waals surface area contributed by atoms with Gasteiger partial charge in [-0.1, -0.05) is 32.4 Å². The Labute approximate surface area is 115 Å². The molecule has 0 aliphatic rings. The lowest BCUT2D eigenvalue weighted by Gasteiger charge is -2.17. The first-order chi connectivity index (χ1) is 9.05. The molecule has 3 nitrogen and oxygen atoms in total. The van der Waals surface area contributed by atoms with Crippen LogP contribution >= 0.6 is 0 Å². The minimum Gasteiger partial charge on any atom is -0.353 e. The number of nitriles is 1. The van der Waals surface area contributed by atoms with E-state index in [0.29, 0.717) is 17.9 Å². The van der Waals surface area contributed by atoms with E-state index in [1.54, 1.807) is 12.1 Å². The molecule has 2 unspecified atom stereocenters. The van der Waals surface area contributed by atoms with Crippen molar-refractivity contribution in [2.45, 2.75) is 46.1 Å². The van der Waals surface area contributed by atoms with Gasteiger partial charge in [0.05, 0.1) is 18.1 Å². The summed E-state index contributed by atoms with van der Waals surface area (Å²) in [5.74, 6) is 0.672. The summed E-state index contributed by atoms with van der Waals surface area (Å²) in [5, 5.41) is 11.7. The third-order valence-electron chi connectivity index (χ3n) is 3.31. The van der Waals surface area contributed by atoms with Crippen molar-refractivity contribution in [3.05, 3.63) is 35.4 Å². The first-order valence-corrected chi connectivity index (χ1v) is 6.83. The fourth-order valence-electron chi connectivity index (χ4n) is 2.04. The van der Waals surface area contributed by atoms with Crippen LogP contribution in [0.25, 0.3) is 0 Å². The Morgan fingerprint density at radius 3 is 2.47 bits per heavy atom. The SMILES string of the molecule is CCC(C)CC(C)NC(=O)Cc1ccc(C#N)cc1. The number of rotatable bonds is 6. The molecule has 1 amide bonds. The summed E-state index contributed by atoms with van der Waals surface area (Å²) in [5.41, 5.74) is 1.56. The summed E-state index contributed by atoms with van der Waals surface area (Å²) in [6.07, 6.45) is 2.52. The zero-order valence-corrected chi connectivity index (χ0v) is 11.9. The van der Waals surface area contributed by atoms with E-state index in [2.05, 4.69) is 25.2 Å². The predicted molar refractivity (Wildman–Crippen MR) is 76.5 cm³/mol. The molecule has 1 aromatic carbocycles. The van der Waals surface area contributed by atoms with Gasteiger partial charge in [-0.05, 0) is 37.0 Å². The van der Waals surface area contributed by atoms with Crippen LogP contribution in [-0.2, 0) is 11.2 Å². The summed E-state index contributed by atoms with van der Waals surface area (Å²) in [6.45, 7) is 6.40. The zero-order valence-electron chi connectivity index (χ0n) is 11.9. The van der Waals surface area contributed by atoms with E-state index in [-0.39, 0.29) is 11.9 Å². The Hall–Kier alpha value is -1.82. The van der Waals surface area contributed by atoms with Crippen LogP contribution in [0.3, 0.4) is 0 Å². The number of nitrogens with one attached hydrogen (secondary N) is 1. The van der Waals surface area contributed by atoms with Crippen molar-refractivity contribution < 1.29 is 4.79 Å². The topological polar surface area (TPSA) is 52.9 Å². The molecule has 0 radical (unpaired) electrons. The van der Waals surface area contributed by atoms with Crippen LogP contribution in [0.15, 0.2) is 24.3 Å². The lowest BCUT2D eigenvalue weighted by atomic mass is 10.00. The molecule has 0 bridgehead atoms. The highest BCUT2D eigenvalue weighted by atomic mass is 16.1. The molecular weight excluding hydrogens is 236 g/mol. The third kappa shape index (κ3) is 5.56. The minimum atomic E-state index is 0.0421. The van der Waals surface area contributed by atoms with E-state index in [4.69, 9.17) is 5.26 Å². The van der Waals surface area contributed by atoms with Gasteiger partial charge >= 0.3 is 0 Å². The van der Waals surface area contributed by atoms with E-state index in [1.165, 1.54) is 0 Å². The highest BCUT2D eigenvalue weighted by Crippen LogP contribution is 2.10. The number of amides is 1. The maximum Gasteiger partial charge on any atom is 0.224 e. The largest absolute Gasteiger partial charge is 0.353 e. The van der Waals surface area contributed by atoms with Crippen molar-refractivity contribution in [3.63, 3.8) is 0 Å². The maximum absolute atomic E-state index is 11.9. The van der Waals surface area contributed by atoms with Crippen LogP contribution in [0.5, 0.6) is 0 Å². The van der Waals surface area contributed by atoms with Crippen LogP contribution in [0.1, 0.15) is 44.7 Å². The molecular formula is C16H22N2O. The second-order valence-corrected chi connectivity index (χ2v) is 5.20. The van der Waals surface area contributed by atoms with Crippen LogP contribution < -0.4 is 5.32 Å². The fraction of sp³-hybridized carbons (Fsp3) is 0.500. The Morgan fingerprint density at radius 1 is 1.32 bits per heavy atom. The van der Waals surface area contributed by atoms with Gasteiger partial charge in [-0.25, -0.2) is 0 Å². The molecule has 1 N–H and O–H groups in total. The molecule has 0 fully saturated rings. The number of nitrogens with zero attached hydrogens (tertiary/aromatic N) is 1. The normalized spacial score (nSPS) is 13.4. The number of hydrogen-bond donors (Lipinski definition) is 1. The lowest BCUT2D eigenvalue weighted by Crippen LogP contribution is -2.34. The second-order valence-electron chi connectivity index (χ2n) is 5.20. The molecule has 2 atom stereocenters. The van der Waals surface area contributed by atoms with E-state index < -0.39 is 0 Å². The van der Waals surface area contributed by atoms with E-state index in [0.717, 1.165) is 18.4 Å². The molecule has 0 heterocycles. The highest BCUT2D eigenvalue weighted by Gasteiger charge is 2.10. The summed E-state index contributed by atoms with van der Waals surface area (Å²) in [4.78, 5) is 11.9. The second kappa shape index (κ2) is 7.58. The monoisotopic (exact) mass is 258 g/mol. The van der Waals surface area contributed by atoms with E-state index >= 15 is 0 Å². The van der Waals surface area contributed by atoms with Crippen molar-refractivity contribution in [2.75, 3.05) is 0 Å². The van der Waals surface area contributed by atoms with Crippen LogP contribution in [0.2, 0.25) is 0 Å². The van der Waals surface area contributed by atoms with Crippen LogP contribution in [-0.4, -0.2) is 11.9 Å². The number of benzene rings is 1. The number of carbonyl (C=O) groups is 1. The molecule has 0 aliphatic carbocycles. The van der Waals surface area contributed by atoms with Gasteiger partial charge in [0.25, 0.3) is 0 Å². The van der Waals surface area contributed by atoms with Gasteiger partial charge in [0.1, 0.15) is 0 Å². The average molecular weight is 258 g/mol. The van der Waals surface area contributed by atoms with Gasteiger partial charge in [0, 0.05) is 6.04 Å². The summed E-state index contributed by atoms with van der Waals surface area (Å²) in [7, 11) is 0. The van der Waals surface area contributed by atoms with E-state index in [9.17, 15) is 4.79 Å². The average Bonchev–Trinajstić information content (AvgIpc) is 2.39. The molecule has 19 heavy (non-hydrogen) atoms. The van der Waals surface area contributed by atoms with Crippen molar-refractivity contribution in [1.29, 1.82) is 5.26 Å². The van der Waals surface area contributed by atoms with Gasteiger partial charge in [-0.3, -0.25) is 4.79 Å². The molecule has 0 saturated heterocycles. The quantitative estimate of drug-likeness (QED) is 0.852. The summed E-state index contributed by atoms with van der Waals surface area (Å²) >= 11 is 0. The lowest BCUT2D eigenvalue weighted by molar-refractivity contribution is -0.121. The van der Waals surface area contributed by atoms with Crippen molar-refractivity contribution >= 4 is 5.91 Å². The van der Waals surface area contributed by atoms with Gasteiger partial charge < -0.3 is 5.32 Å². The number of carbonyl (C=O) groups excluding carboxylic acids is 1. The molecule has 0 saturated carbocycles. The molecule has 1 aromatic rings. The number of hydrogen-bond acceptors (Lipinski definition) is 2. The van der Waals surface area contributed by atoms with E-state index in [1.807, 2.05) is 19.1 Å². The van der Waals surface area contributed by atoms with Crippen LogP contribution in [0, 0.1) is 17.2 Å². The van der Waals surface area contributed by atoms with Gasteiger partial charge in [-0.15, -0.1) is 0 Å². The van der Waals surface area contributed by atoms with Crippen molar-refractivity contribution in [2.24, 2.45) is 5.92 Å². The summed E-state index contributed by atoms with van der Waals surface area (Å²) in [6, 6.07) is 9.42. The first-order valence-electron chi connectivity index (χ1n) is 6.83. The zero-order chi connectivity index (χ0) is 14.3. The van der Waals surface area contributed by atoms with Crippen molar-refractivity contribution in [3.8, 4) is 6.07 Å². The molecule has 0 aliphatic heterocycles. The smallest absolute Gasteiger partial charge is 0.224 e. The molecule has 3 heteroatoms. The standard InChI is InChI=1S/C16H22N2O/c1-4-12(2)9-13(3)18-16(19)10-14-5-7-15(11-17)8-6-14/h5-8,12-13H,4,9-10H2,1-3H3,(H,18,19). The Balaban J connectivity index is 2.44. The first kappa shape index (κ1) is 15.2. The maximum atomic E-state index is 11.9. The molecule has 102 valence electrons. The highest BCUT2D eigenvalue weighted by molar-refractivity contribution is 5.78. The minimum absolute atomic E-state index is 0.0421. The summed E-state index contributed by atoms with van der Waals surface area (Å²) < 4.78 is 0. The Kier molecular flexibility index (Phi) is 6.08. The fourth-order valence-corrected chi connectivity index (χ4v) is 2.04. The van der Waals surface area contributed by atoms with Gasteiger partial charge in [-0.2, -0.15) is 5.26 Å².